The van der Waals surface area contributed by atoms with Crippen molar-refractivity contribution in [3.05, 3.63) is 80.3 Å². The first kappa shape index (κ1) is 16.6. The fraction of sp³-hybridized carbons (Fsp3) is 0.294. The van der Waals surface area contributed by atoms with Crippen molar-refractivity contribution in [2.45, 2.75) is 18.9 Å². The maximum atomic E-state index is 11.0. The summed E-state index contributed by atoms with van der Waals surface area (Å²) >= 11 is 3.41. The summed E-state index contributed by atoms with van der Waals surface area (Å²) in [5, 5.41) is 14.4. The molecule has 0 aliphatic heterocycles. The Morgan fingerprint density at radius 3 is 2.36 bits per heavy atom. The second-order valence-corrected chi connectivity index (χ2v) is 6.41. The van der Waals surface area contributed by atoms with Crippen molar-refractivity contribution in [1.29, 1.82) is 0 Å². The van der Waals surface area contributed by atoms with Crippen LogP contribution in [0.4, 0.5) is 0 Å². The fourth-order valence-electron chi connectivity index (χ4n) is 2.45. The van der Waals surface area contributed by atoms with Gasteiger partial charge in [-0.1, -0.05) is 58.4 Å². The maximum Gasteiger partial charge on any atom is 0.225 e. The van der Waals surface area contributed by atoms with E-state index in [1.165, 1.54) is 5.56 Å². The first-order valence-electron chi connectivity index (χ1n) is 7.16. The molecule has 0 spiro atoms. The molecule has 1 N–H and O–H groups in total. The van der Waals surface area contributed by atoms with Gasteiger partial charge in [0.25, 0.3) is 0 Å². The quantitative estimate of drug-likeness (QED) is 0.602. The Labute approximate surface area is 138 Å². The smallest absolute Gasteiger partial charge is 0.225 e. The van der Waals surface area contributed by atoms with Gasteiger partial charge < -0.3 is 5.32 Å². The molecule has 0 bridgehead atoms. The van der Waals surface area contributed by atoms with Crippen molar-refractivity contribution >= 4 is 15.9 Å². The molecule has 2 rings (SSSR count). The summed E-state index contributed by atoms with van der Waals surface area (Å²) in [5.74, 6) is 0. The number of nitrogens with one attached hydrogen (secondary N) is 1. The van der Waals surface area contributed by atoms with Crippen LogP contribution in [0.3, 0.4) is 0 Å². The Morgan fingerprint density at radius 2 is 1.77 bits per heavy atom. The van der Waals surface area contributed by atoms with E-state index in [0.717, 1.165) is 16.5 Å². The minimum absolute atomic E-state index is 0.142. The Bertz CT molecular complexity index is 616. The van der Waals surface area contributed by atoms with Crippen LogP contribution in [0.15, 0.2) is 59.1 Å². The van der Waals surface area contributed by atoms with E-state index in [0.29, 0.717) is 6.54 Å². The van der Waals surface area contributed by atoms with Gasteiger partial charge in [0.05, 0.1) is 0 Å². The molecule has 1 atom stereocenters. The molecule has 2 aromatic rings. The van der Waals surface area contributed by atoms with Crippen LogP contribution < -0.4 is 5.32 Å². The largest absolute Gasteiger partial charge is 0.302 e. The van der Waals surface area contributed by atoms with Gasteiger partial charge in [-0.05, 0) is 36.6 Å². The number of nitro groups is 1. The molecular formula is C17H19BrN2O2. The summed E-state index contributed by atoms with van der Waals surface area (Å²) in [4.78, 5) is 10.8. The molecule has 0 aromatic heterocycles. The zero-order chi connectivity index (χ0) is 16.0. The van der Waals surface area contributed by atoms with Gasteiger partial charge in [0.15, 0.2) is 0 Å². The molecule has 0 heterocycles. The molecule has 0 radical (unpaired) electrons. The number of hydrogen-bond donors (Lipinski definition) is 1. The molecule has 116 valence electrons. The lowest BCUT2D eigenvalue weighted by molar-refractivity contribution is -0.491. The summed E-state index contributed by atoms with van der Waals surface area (Å²) < 4.78 is 1.05. The molecule has 4 nitrogen and oxygen atoms in total. The lowest BCUT2D eigenvalue weighted by Crippen LogP contribution is -2.46. The first-order valence-corrected chi connectivity index (χ1v) is 7.96. The number of rotatable bonds is 7. The van der Waals surface area contributed by atoms with Crippen LogP contribution in [0.2, 0.25) is 0 Å². The van der Waals surface area contributed by atoms with Crippen LogP contribution in [-0.4, -0.2) is 18.0 Å². The van der Waals surface area contributed by atoms with E-state index < -0.39 is 5.54 Å². The molecular weight excluding hydrogens is 344 g/mol. The summed E-state index contributed by atoms with van der Waals surface area (Å²) in [6, 6.07) is 17.7. The van der Waals surface area contributed by atoms with E-state index in [9.17, 15) is 10.1 Å². The van der Waals surface area contributed by atoms with Gasteiger partial charge >= 0.3 is 0 Å². The number of halogens is 1. The molecule has 0 aliphatic carbocycles. The highest BCUT2D eigenvalue weighted by molar-refractivity contribution is 9.10. The Morgan fingerprint density at radius 1 is 1.14 bits per heavy atom. The van der Waals surface area contributed by atoms with Crippen LogP contribution in [-0.2, 0) is 12.0 Å². The number of hydrogen-bond acceptors (Lipinski definition) is 3. The summed E-state index contributed by atoms with van der Waals surface area (Å²) in [6.45, 7) is 2.42. The van der Waals surface area contributed by atoms with Crippen molar-refractivity contribution in [2.75, 3.05) is 13.1 Å². The number of benzene rings is 2. The summed E-state index contributed by atoms with van der Waals surface area (Å²) in [7, 11) is 0. The van der Waals surface area contributed by atoms with Gasteiger partial charge in [0.2, 0.25) is 6.54 Å². The minimum Gasteiger partial charge on any atom is -0.302 e. The van der Waals surface area contributed by atoms with Crippen LogP contribution in [0.5, 0.6) is 0 Å². The minimum atomic E-state index is -0.667. The molecule has 0 aliphatic rings. The highest BCUT2D eigenvalue weighted by Gasteiger charge is 2.31. The van der Waals surface area contributed by atoms with Gasteiger partial charge in [0.1, 0.15) is 5.54 Å². The molecule has 0 amide bonds. The highest BCUT2D eigenvalue weighted by Crippen LogP contribution is 2.21. The fourth-order valence-corrected chi connectivity index (χ4v) is 2.71. The Hall–Kier alpha value is -1.72. The third-order valence-corrected chi connectivity index (χ3v) is 4.23. The van der Waals surface area contributed by atoms with Crippen LogP contribution in [0, 0.1) is 10.1 Å². The van der Waals surface area contributed by atoms with Crippen LogP contribution in [0.1, 0.15) is 18.1 Å². The van der Waals surface area contributed by atoms with Gasteiger partial charge in [-0.15, -0.1) is 0 Å². The lowest BCUT2D eigenvalue weighted by Gasteiger charge is -2.27. The van der Waals surface area contributed by atoms with Gasteiger partial charge in [-0.3, -0.25) is 10.1 Å². The summed E-state index contributed by atoms with van der Waals surface area (Å²) in [5.41, 5.74) is 1.47. The topological polar surface area (TPSA) is 55.2 Å². The van der Waals surface area contributed by atoms with Gasteiger partial charge in [0, 0.05) is 15.9 Å². The molecule has 0 saturated carbocycles. The maximum absolute atomic E-state index is 11.0. The standard InChI is InChI=1S/C17H19BrN2O2/c1-17(13-20(21)22,15-5-3-2-4-6-15)19-12-11-14-7-9-16(18)10-8-14/h2-10,19H,11-13H2,1H3. The van der Waals surface area contributed by atoms with Crippen LogP contribution in [0.25, 0.3) is 0 Å². The van der Waals surface area contributed by atoms with E-state index in [1.54, 1.807) is 0 Å². The van der Waals surface area contributed by atoms with Crippen molar-refractivity contribution < 1.29 is 4.92 Å². The predicted molar refractivity (Wildman–Crippen MR) is 91.5 cm³/mol. The second kappa shape index (κ2) is 7.51. The SMILES string of the molecule is CC(C[N+](=O)[O-])(NCCc1ccc(Br)cc1)c1ccccc1. The molecule has 5 heteroatoms. The average molecular weight is 363 g/mol. The lowest BCUT2D eigenvalue weighted by atomic mass is 9.91. The highest BCUT2D eigenvalue weighted by atomic mass is 79.9. The zero-order valence-electron chi connectivity index (χ0n) is 12.5. The monoisotopic (exact) mass is 362 g/mol. The van der Waals surface area contributed by atoms with E-state index in [1.807, 2.05) is 49.4 Å². The van der Waals surface area contributed by atoms with E-state index in [4.69, 9.17) is 0 Å². The molecule has 0 saturated heterocycles. The normalized spacial score (nSPS) is 13.5. The van der Waals surface area contributed by atoms with E-state index in [2.05, 4.69) is 33.4 Å². The van der Waals surface area contributed by atoms with E-state index in [-0.39, 0.29) is 11.5 Å². The van der Waals surface area contributed by atoms with Crippen LogP contribution >= 0.6 is 15.9 Å². The zero-order valence-corrected chi connectivity index (χ0v) is 14.0. The van der Waals surface area contributed by atoms with Crippen molar-refractivity contribution in [2.24, 2.45) is 0 Å². The average Bonchev–Trinajstić information content (AvgIpc) is 2.49. The van der Waals surface area contributed by atoms with Crippen molar-refractivity contribution in [3.63, 3.8) is 0 Å². The third-order valence-electron chi connectivity index (χ3n) is 3.70. The predicted octanol–water partition coefficient (Wildman–Crippen LogP) is 3.77. The molecule has 2 aromatic carbocycles. The Balaban J connectivity index is 2.04. The molecule has 22 heavy (non-hydrogen) atoms. The van der Waals surface area contributed by atoms with Crippen molar-refractivity contribution in [1.82, 2.24) is 5.32 Å². The second-order valence-electron chi connectivity index (χ2n) is 5.49. The number of nitrogens with zero attached hydrogens (tertiary/aromatic N) is 1. The third kappa shape index (κ3) is 4.64. The summed E-state index contributed by atoms with van der Waals surface area (Å²) in [6.07, 6.45) is 0.827. The first-order chi connectivity index (χ1) is 10.5. The van der Waals surface area contributed by atoms with Gasteiger partial charge in [-0.25, -0.2) is 0 Å². The van der Waals surface area contributed by atoms with Crippen molar-refractivity contribution in [3.8, 4) is 0 Å². The van der Waals surface area contributed by atoms with Gasteiger partial charge in [-0.2, -0.15) is 0 Å². The molecule has 1 unspecified atom stereocenters. The molecule has 0 fully saturated rings. The van der Waals surface area contributed by atoms with E-state index >= 15 is 0 Å². The Kier molecular flexibility index (Phi) is 5.69.